The number of carbonyl (C=O) groups excluding carboxylic acids is 2. The van der Waals surface area contributed by atoms with Crippen molar-refractivity contribution in [2.45, 2.75) is 52.4 Å². The zero-order valence-corrected chi connectivity index (χ0v) is 11.3. The molecule has 2 aliphatic carbocycles. The third-order valence-corrected chi connectivity index (χ3v) is 7.07. The normalized spacial score (nSPS) is 53.9. The minimum Gasteiger partial charge on any atom is -0.282 e. The van der Waals surface area contributed by atoms with E-state index in [4.69, 9.17) is 0 Å². The van der Waals surface area contributed by atoms with Crippen LogP contribution in [0, 0.1) is 22.2 Å². The largest absolute Gasteiger partial charge is 0.282 e. The molecule has 1 spiro atoms. The van der Waals surface area contributed by atoms with Crippen LogP contribution in [0.25, 0.3) is 0 Å². The summed E-state index contributed by atoms with van der Waals surface area (Å²) in [4.78, 5) is 26.8. The average molecular weight is 247 g/mol. The number of amides is 2. The average Bonchev–Trinajstić information content (AvgIpc) is 2.44. The summed E-state index contributed by atoms with van der Waals surface area (Å²) in [5.74, 6) is 0.932. The van der Waals surface area contributed by atoms with Gasteiger partial charge in [-0.15, -0.1) is 0 Å². The van der Waals surface area contributed by atoms with E-state index >= 15 is 0 Å². The minimum absolute atomic E-state index is 0.115. The molecule has 4 rings (SSSR count). The van der Waals surface area contributed by atoms with Crippen LogP contribution in [0.1, 0.15) is 52.4 Å². The highest BCUT2D eigenvalue weighted by atomic mass is 16.2. The van der Waals surface area contributed by atoms with Crippen LogP contribution in [-0.4, -0.2) is 23.3 Å². The van der Waals surface area contributed by atoms with E-state index in [0.717, 1.165) is 19.3 Å². The number of fused-ring (bicyclic) bond motifs is 1. The van der Waals surface area contributed by atoms with E-state index in [9.17, 15) is 9.59 Å². The highest BCUT2D eigenvalue weighted by molar-refractivity contribution is 6.11. The summed E-state index contributed by atoms with van der Waals surface area (Å²) in [6.07, 6.45) is 6.98. The molecule has 2 bridgehead atoms. The molecule has 0 N–H and O–H groups in total. The fraction of sp³-hybridized carbons (Fsp3) is 0.867. The van der Waals surface area contributed by atoms with Crippen molar-refractivity contribution in [3.05, 3.63) is 0 Å². The van der Waals surface area contributed by atoms with Gasteiger partial charge in [0.1, 0.15) is 0 Å². The quantitative estimate of drug-likeness (QED) is 0.616. The molecule has 0 radical (unpaired) electrons. The Balaban J connectivity index is 1.92. The summed E-state index contributed by atoms with van der Waals surface area (Å²) in [6, 6.07) is 0. The van der Waals surface area contributed by atoms with Crippen LogP contribution >= 0.6 is 0 Å². The molecule has 2 aliphatic heterocycles. The molecule has 0 aromatic rings. The summed E-state index contributed by atoms with van der Waals surface area (Å²) in [6.45, 7) is 4.81. The van der Waals surface area contributed by atoms with Crippen LogP contribution in [0.5, 0.6) is 0 Å². The molecule has 2 heterocycles. The molecular weight excluding hydrogens is 226 g/mol. The fourth-order valence-corrected chi connectivity index (χ4v) is 5.94. The van der Waals surface area contributed by atoms with Gasteiger partial charge in [0.2, 0.25) is 11.8 Å². The molecule has 0 aromatic carbocycles. The van der Waals surface area contributed by atoms with Crippen LogP contribution < -0.4 is 0 Å². The maximum atomic E-state index is 12.7. The Morgan fingerprint density at radius 1 is 1.11 bits per heavy atom. The van der Waals surface area contributed by atoms with Crippen LogP contribution in [-0.2, 0) is 9.59 Å². The summed E-state index contributed by atoms with van der Waals surface area (Å²) in [7, 11) is 0. The van der Waals surface area contributed by atoms with Crippen LogP contribution in [0.2, 0.25) is 0 Å². The predicted molar refractivity (Wildman–Crippen MR) is 66.6 cm³/mol. The molecule has 4 aliphatic rings. The number of nitrogens with zero attached hydrogens (tertiary/aromatic N) is 1. The first-order chi connectivity index (χ1) is 8.47. The van der Waals surface area contributed by atoms with Gasteiger partial charge in [-0.2, -0.15) is 0 Å². The van der Waals surface area contributed by atoms with Gasteiger partial charge in [0, 0.05) is 6.54 Å². The Hall–Kier alpha value is -0.860. The SMILES string of the molecule is C[C@]12C(=O)N3CC[C@@H]4CCCC[C@]41C[C@]2(C)C3=O. The number of carbonyl (C=O) groups is 2. The molecule has 2 saturated carbocycles. The lowest BCUT2D eigenvalue weighted by molar-refractivity contribution is -0.216. The minimum atomic E-state index is -0.390. The van der Waals surface area contributed by atoms with E-state index in [0.29, 0.717) is 12.5 Å². The van der Waals surface area contributed by atoms with Crippen molar-refractivity contribution >= 4 is 11.8 Å². The first-order valence-electron chi connectivity index (χ1n) is 7.34. The highest BCUT2D eigenvalue weighted by Gasteiger charge is 2.82. The lowest BCUT2D eigenvalue weighted by Crippen LogP contribution is -2.68. The van der Waals surface area contributed by atoms with Crippen molar-refractivity contribution in [3.63, 3.8) is 0 Å². The lowest BCUT2D eigenvalue weighted by Gasteiger charge is -2.67. The van der Waals surface area contributed by atoms with Crippen molar-refractivity contribution in [1.82, 2.24) is 4.90 Å². The molecule has 4 atom stereocenters. The smallest absolute Gasteiger partial charge is 0.236 e. The third kappa shape index (κ3) is 0.784. The molecule has 3 nitrogen and oxygen atoms in total. The van der Waals surface area contributed by atoms with Gasteiger partial charge in [0.05, 0.1) is 10.8 Å². The van der Waals surface area contributed by atoms with Crippen molar-refractivity contribution in [2.75, 3.05) is 6.54 Å². The number of hydrogen-bond donors (Lipinski definition) is 0. The van der Waals surface area contributed by atoms with E-state index in [1.165, 1.54) is 19.3 Å². The van der Waals surface area contributed by atoms with E-state index in [2.05, 4.69) is 6.92 Å². The second kappa shape index (κ2) is 2.83. The van der Waals surface area contributed by atoms with E-state index < -0.39 is 5.41 Å². The molecule has 98 valence electrons. The van der Waals surface area contributed by atoms with E-state index in [-0.39, 0.29) is 22.6 Å². The van der Waals surface area contributed by atoms with Gasteiger partial charge >= 0.3 is 0 Å². The maximum absolute atomic E-state index is 12.7. The summed E-state index contributed by atoms with van der Waals surface area (Å²) < 4.78 is 0. The predicted octanol–water partition coefficient (Wildman–Crippen LogP) is 2.35. The van der Waals surface area contributed by atoms with Gasteiger partial charge in [-0.05, 0) is 50.9 Å². The second-order valence-electron chi connectivity index (χ2n) is 7.28. The molecule has 2 amide bonds. The van der Waals surface area contributed by atoms with E-state index in [1.807, 2.05) is 6.92 Å². The first kappa shape index (κ1) is 11.0. The molecular formula is C15H21NO2. The Bertz CT molecular complexity index is 473. The van der Waals surface area contributed by atoms with Crippen molar-refractivity contribution in [3.8, 4) is 0 Å². The first-order valence-corrected chi connectivity index (χ1v) is 7.34. The zero-order chi connectivity index (χ0) is 12.8. The lowest BCUT2D eigenvalue weighted by atomic mass is 9.33. The van der Waals surface area contributed by atoms with Gasteiger partial charge in [-0.25, -0.2) is 0 Å². The number of rotatable bonds is 0. The number of imide groups is 1. The molecule has 0 unspecified atom stereocenters. The standard InChI is InChI=1S/C15H21NO2/c1-13-9-15-7-4-3-5-10(15)6-8-16(11(13)17)12(18)14(13,15)2/h10H,3-9H2,1-2H3/t10-,13+,14+,15-/m0/s1. The van der Waals surface area contributed by atoms with Gasteiger partial charge in [-0.1, -0.05) is 12.8 Å². The Labute approximate surface area is 108 Å². The van der Waals surface area contributed by atoms with Gasteiger partial charge in [-0.3, -0.25) is 14.5 Å². The summed E-state index contributed by atoms with van der Waals surface area (Å²) in [5.41, 5.74) is -0.628. The summed E-state index contributed by atoms with van der Waals surface area (Å²) in [5, 5.41) is 0. The topological polar surface area (TPSA) is 37.4 Å². The monoisotopic (exact) mass is 247 g/mol. The maximum Gasteiger partial charge on any atom is 0.236 e. The summed E-state index contributed by atoms with van der Waals surface area (Å²) >= 11 is 0. The molecule has 3 heteroatoms. The van der Waals surface area contributed by atoms with Gasteiger partial charge in [0.15, 0.2) is 0 Å². The van der Waals surface area contributed by atoms with Crippen molar-refractivity contribution < 1.29 is 9.59 Å². The third-order valence-electron chi connectivity index (χ3n) is 7.07. The van der Waals surface area contributed by atoms with Crippen molar-refractivity contribution in [1.29, 1.82) is 0 Å². The fourth-order valence-electron chi connectivity index (χ4n) is 5.94. The Morgan fingerprint density at radius 3 is 2.67 bits per heavy atom. The molecule has 0 aromatic heterocycles. The molecule has 4 fully saturated rings. The second-order valence-corrected chi connectivity index (χ2v) is 7.28. The molecule has 18 heavy (non-hydrogen) atoms. The van der Waals surface area contributed by atoms with Gasteiger partial charge in [0.25, 0.3) is 0 Å². The molecule has 2 saturated heterocycles. The van der Waals surface area contributed by atoms with Gasteiger partial charge < -0.3 is 0 Å². The van der Waals surface area contributed by atoms with Crippen LogP contribution in [0.15, 0.2) is 0 Å². The van der Waals surface area contributed by atoms with Crippen LogP contribution in [0.4, 0.5) is 0 Å². The van der Waals surface area contributed by atoms with Crippen molar-refractivity contribution in [2.24, 2.45) is 22.2 Å². The highest BCUT2D eigenvalue weighted by Crippen LogP contribution is 2.78. The number of hydrogen-bond acceptors (Lipinski definition) is 2. The zero-order valence-electron chi connectivity index (χ0n) is 11.3. The Morgan fingerprint density at radius 2 is 1.89 bits per heavy atom. The van der Waals surface area contributed by atoms with E-state index in [1.54, 1.807) is 4.90 Å². The van der Waals surface area contributed by atoms with Crippen LogP contribution in [0.3, 0.4) is 0 Å². The Kier molecular flexibility index (Phi) is 1.73.